The van der Waals surface area contributed by atoms with Crippen LogP contribution >= 0.6 is 31.9 Å². The summed E-state index contributed by atoms with van der Waals surface area (Å²) >= 11 is 3.32. The zero-order chi connectivity index (χ0) is 30.8. The monoisotopic (exact) mass is 809 g/mol. The van der Waals surface area contributed by atoms with Gasteiger partial charge in [-0.15, -0.1) is 8.58 Å². The van der Waals surface area contributed by atoms with Crippen molar-refractivity contribution in [3.8, 4) is 0 Å². The van der Waals surface area contributed by atoms with Gasteiger partial charge in [-0.3, -0.25) is 4.57 Å². The summed E-state index contributed by atoms with van der Waals surface area (Å²) in [5.41, 5.74) is -1.41. The van der Waals surface area contributed by atoms with Gasteiger partial charge in [0.1, 0.15) is 34.7 Å². The third-order valence-electron chi connectivity index (χ3n) is 7.96. The van der Waals surface area contributed by atoms with E-state index in [1.54, 1.807) is 20.2 Å². The van der Waals surface area contributed by atoms with Crippen LogP contribution in [0.15, 0.2) is 0 Å². The minimum atomic E-state index is -2.52. The fraction of sp³-hybridized carbons (Fsp3) is 0.893. The van der Waals surface area contributed by atoms with E-state index in [1.807, 2.05) is 13.8 Å². The van der Waals surface area contributed by atoms with E-state index in [0.29, 0.717) is 36.4 Å². The van der Waals surface area contributed by atoms with Crippen molar-refractivity contribution in [1.82, 2.24) is 0 Å². The van der Waals surface area contributed by atoms with Crippen molar-refractivity contribution in [2.75, 3.05) is 51.3 Å². The average Bonchev–Trinajstić information content (AvgIpc) is 3.57. The molecule has 2 N–H and O–H groups in total. The van der Waals surface area contributed by atoms with Crippen LogP contribution in [0.5, 0.6) is 0 Å². The number of alkyl halides is 1. The summed E-state index contributed by atoms with van der Waals surface area (Å²) in [4.78, 5) is 0. The Morgan fingerprint density at radius 2 is 1.41 bits per heavy atom. The molecule has 44 heavy (non-hydrogen) atoms. The molecule has 4 aliphatic rings. The minimum Gasteiger partial charge on any atom is -0.548 e. The van der Waals surface area contributed by atoms with Crippen LogP contribution in [0, 0.1) is 33.3 Å². The van der Waals surface area contributed by atoms with E-state index < -0.39 is 18.6 Å². The molecule has 1 spiro atoms. The number of aliphatic hydroxyl groups excluding tert-OH is 2. The van der Waals surface area contributed by atoms with Crippen molar-refractivity contribution in [1.29, 1.82) is 0 Å². The molecule has 4 unspecified atom stereocenters. The first-order valence-corrected chi connectivity index (χ1v) is 19.4. The van der Waals surface area contributed by atoms with E-state index >= 15 is 0 Å². The third-order valence-corrected chi connectivity index (χ3v) is 10.7. The van der Waals surface area contributed by atoms with Crippen molar-refractivity contribution in [3.05, 3.63) is 21.5 Å². The van der Waals surface area contributed by atoms with Gasteiger partial charge in [-0.25, -0.2) is 6.61 Å². The molecule has 6 radical (unpaired) electrons. The maximum Gasteiger partial charge on any atom is 2.00 e. The van der Waals surface area contributed by atoms with Crippen LogP contribution < -0.4 is 0 Å². The molecular formula is C28H55B3BrNi2O8P2-. The standard InChI is InChI=1S/C9H15BO4P.C8H15BO2.C7H12BBrO2.C2H7P.2CH3.2Ni/c1-3-12-7-4-8(10)14-9(7)5-13-15(2,11)6-9;1-3-8(5-10)6(2)4-7(9)11-8;1-5-2-6(8)11-7(5,3-9)4-10;1-3-2;;;;/h3,7-8H,4-6H2,1-2H3;6-7,10H,3-5H2,1-2H3;5-6,10H,2-4H2,1H3;3H,1-2H3;2*1H3;;/q-1;;;;2*-1;;+2/t7?,8-,9+,15?;6?,7-,8+;5?,6-,7-;;;;;/m111...../s1. The molecule has 0 aromatic rings. The van der Waals surface area contributed by atoms with Gasteiger partial charge in [-0.2, -0.15) is 6.92 Å². The van der Waals surface area contributed by atoms with Crippen molar-refractivity contribution >= 4 is 55.4 Å². The van der Waals surface area contributed by atoms with Gasteiger partial charge in [-0.05, 0) is 50.8 Å². The molecule has 262 valence electrons. The van der Waals surface area contributed by atoms with Crippen LogP contribution in [0.3, 0.4) is 0 Å². The fourth-order valence-electron chi connectivity index (χ4n) is 5.48. The van der Waals surface area contributed by atoms with Crippen LogP contribution in [0.1, 0.15) is 53.4 Å². The second-order valence-electron chi connectivity index (χ2n) is 11.3. The minimum absolute atomic E-state index is 0. The molecule has 10 atom stereocenters. The summed E-state index contributed by atoms with van der Waals surface area (Å²) in [5.74, 6) is 0.689. The number of rotatable bonds is 6. The Hall–Kier alpha value is 2.04. The maximum absolute atomic E-state index is 11.8. The molecule has 4 heterocycles. The largest absolute Gasteiger partial charge is 2.00 e. The van der Waals surface area contributed by atoms with E-state index in [0.717, 1.165) is 27.8 Å². The first kappa shape index (κ1) is 52.8. The van der Waals surface area contributed by atoms with E-state index in [9.17, 15) is 4.57 Å². The molecule has 0 bridgehead atoms. The molecule has 16 heteroatoms. The number of hydrogen-bond donors (Lipinski definition) is 2. The molecule has 0 aromatic carbocycles. The SMILES string of the molecule is CPC.[B][C@H]1CC(C)[C@](CC)(CO)O1.[B][C@H]1CC(C)[C@](CO)(CBr)O1.[B][C@H]1CC(O[CH-]C)[C@@]2(COP(C)(=O)C2)O1.[CH3-].[CH3-].[Ni+2].[Ni]. The van der Waals surface area contributed by atoms with Crippen LogP contribution in [-0.4, -0.2) is 126 Å². The summed E-state index contributed by atoms with van der Waals surface area (Å²) in [6.45, 7) is 15.9. The summed E-state index contributed by atoms with van der Waals surface area (Å²) in [6, 6.07) is -0.747. The van der Waals surface area contributed by atoms with Gasteiger partial charge < -0.3 is 48.5 Å². The molecule has 0 saturated carbocycles. The molecule has 4 aliphatic heterocycles. The van der Waals surface area contributed by atoms with E-state index in [4.69, 9.17) is 57.2 Å². The summed E-state index contributed by atoms with van der Waals surface area (Å²) < 4.78 is 39.2. The van der Waals surface area contributed by atoms with Crippen molar-refractivity contribution < 1.29 is 71.2 Å². The molecule has 0 aliphatic carbocycles. The second kappa shape index (κ2) is 24.2. The van der Waals surface area contributed by atoms with Crippen molar-refractivity contribution in [3.63, 3.8) is 0 Å². The summed E-state index contributed by atoms with van der Waals surface area (Å²) in [6.07, 6.45) is 3.38. The van der Waals surface area contributed by atoms with Gasteiger partial charge in [0.05, 0.1) is 37.7 Å². The zero-order valence-electron chi connectivity index (χ0n) is 27.9. The van der Waals surface area contributed by atoms with Crippen LogP contribution in [0.4, 0.5) is 0 Å². The van der Waals surface area contributed by atoms with Crippen molar-refractivity contribution in [2.45, 2.75) is 94.3 Å². The number of ether oxygens (including phenoxy) is 4. The number of hydrogen-bond acceptors (Lipinski definition) is 8. The third kappa shape index (κ3) is 14.5. The van der Waals surface area contributed by atoms with Gasteiger partial charge in [0.15, 0.2) is 0 Å². The molecule has 4 rings (SSSR count). The quantitative estimate of drug-likeness (QED) is 0.177. The average molecular weight is 811 g/mol. The Morgan fingerprint density at radius 3 is 1.66 bits per heavy atom. The Balaban J connectivity index is -0.000000253. The van der Waals surface area contributed by atoms with Gasteiger partial charge in [0.2, 0.25) is 7.37 Å². The van der Waals surface area contributed by atoms with E-state index in [1.165, 1.54) is 0 Å². The predicted molar refractivity (Wildman–Crippen MR) is 183 cm³/mol. The second-order valence-corrected chi connectivity index (χ2v) is 15.4. The van der Waals surface area contributed by atoms with Gasteiger partial charge >= 0.3 is 16.5 Å². The van der Waals surface area contributed by atoms with E-state index in [2.05, 4.69) is 36.2 Å². The van der Waals surface area contributed by atoms with Gasteiger partial charge in [-0.1, -0.05) is 36.7 Å². The summed E-state index contributed by atoms with van der Waals surface area (Å²) in [7, 11) is 15.5. The molecule has 8 nitrogen and oxygen atoms in total. The normalized spacial score (nSPS) is 39.9. The number of aliphatic hydroxyl groups is 2. The van der Waals surface area contributed by atoms with E-state index in [-0.39, 0.29) is 90.8 Å². The molecule has 4 saturated heterocycles. The smallest absolute Gasteiger partial charge is 0.548 e. The van der Waals surface area contributed by atoms with Gasteiger partial charge in [0, 0.05) is 46.5 Å². The Kier molecular flexibility index (Phi) is 29.1. The van der Waals surface area contributed by atoms with Crippen molar-refractivity contribution in [2.24, 2.45) is 11.8 Å². The first-order valence-electron chi connectivity index (χ1n) is 14.0. The Morgan fingerprint density at radius 1 is 0.977 bits per heavy atom. The Bertz CT molecular complexity index is 761. The topological polar surface area (TPSA) is 104 Å². The summed E-state index contributed by atoms with van der Waals surface area (Å²) in [5, 5.41) is 18.9. The predicted octanol–water partition coefficient (Wildman–Crippen LogP) is 4.31. The molecule has 4 fully saturated rings. The molecular weight excluding hydrogens is 756 g/mol. The van der Waals surface area contributed by atoms with Crippen LogP contribution in [-0.2, 0) is 61.0 Å². The first-order chi connectivity index (χ1) is 18.7. The molecule has 0 aromatic heterocycles. The number of halogens is 1. The van der Waals surface area contributed by atoms with Crippen LogP contribution in [0.2, 0.25) is 0 Å². The van der Waals surface area contributed by atoms with Crippen LogP contribution in [0.25, 0.3) is 0 Å². The Labute approximate surface area is 303 Å². The van der Waals surface area contributed by atoms with Gasteiger partial charge in [0.25, 0.3) is 0 Å². The zero-order valence-corrected chi connectivity index (χ0v) is 33.4. The maximum atomic E-state index is 11.8. The fourth-order valence-corrected chi connectivity index (χ4v) is 8.26. The molecule has 0 amide bonds.